The second kappa shape index (κ2) is 4.48. The Morgan fingerprint density at radius 2 is 2.10 bits per heavy atom. The number of rotatable bonds is 1. The summed E-state index contributed by atoms with van der Waals surface area (Å²) < 4.78 is 5.95. The SMILES string of the molecule is CC1OC(n2nnc3c(C#N)nn(O)c3c2=O)C(O)C1O. The van der Waals surface area contributed by atoms with Crippen LogP contribution in [0.2, 0.25) is 0 Å². The summed E-state index contributed by atoms with van der Waals surface area (Å²) in [5.74, 6) is 0. The Hall–Kier alpha value is -2.55. The molecular formula is C10H10N6O5. The highest BCUT2D eigenvalue weighted by Gasteiger charge is 2.43. The van der Waals surface area contributed by atoms with E-state index in [2.05, 4.69) is 15.4 Å². The summed E-state index contributed by atoms with van der Waals surface area (Å²) in [7, 11) is 0. The molecule has 0 bridgehead atoms. The summed E-state index contributed by atoms with van der Waals surface area (Å²) in [6.45, 7) is 1.52. The monoisotopic (exact) mass is 294 g/mol. The van der Waals surface area contributed by atoms with Crippen molar-refractivity contribution in [1.29, 1.82) is 5.26 Å². The third-order valence-electron chi connectivity index (χ3n) is 3.32. The molecule has 0 aliphatic carbocycles. The Kier molecular flexibility index (Phi) is 2.87. The van der Waals surface area contributed by atoms with Crippen LogP contribution in [0.3, 0.4) is 0 Å². The zero-order valence-corrected chi connectivity index (χ0v) is 10.7. The fourth-order valence-electron chi connectivity index (χ4n) is 2.19. The fraction of sp³-hybridized carbons (Fsp3) is 0.500. The predicted molar refractivity (Wildman–Crippen MR) is 63.1 cm³/mol. The van der Waals surface area contributed by atoms with Gasteiger partial charge in [0.05, 0.1) is 6.10 Å². The molecule has 11 nitrogen and oxygen atoms in total. The molecule has 0 aromatic carbocycles. The largest absolute Gasteiger partial charge is 0.411 e. The maximum Gasteiger partial charge on any atom is 0.302 e. The highest BCUT2D eigenvalue weighted by atomic mass is 16.6. The molecule has 4 unspecified atom stereocenters. The zero-order chi connectivity index (χ0) is 15.3. The van der Waals surface area contributed by atoms with E-state index in [1.807, 2.05) is 0 Å². The van der Waals surface area contributed by atoms with Crippen molar-refractivity contribution >= 4 is 11.0 Å². The highest BCUT2D eigenvalue weighted by molar-refractivity contribution is 5.78. The molecule has 2 aromatic heterocycles. The van der Waals surface area contributed by atoms with Crippen LogP contribution >= 0.6 is 0 Å². The van der Waals surface area contributed by atoms with Gasteiger partial charge in [0.2, 0.25) is 0 Å². The van der Waals surface area contributed by atoms with E-state index in [-0.39, 0.29) is 21.6 Å². The number of fused-ring (bicyclic) bond motifs is 1. The Labute approximate surface area is 116 Å². The topological polar surface area (TPSA) is 159 Å². The van der Waals surface area contributed by atoms with Gasteiger partial charge in [0.25, 0.3) is 0 Å². The lowest BCUT2D eigenvalue weighted by molar-refractivity contribution is -0.0440. The van der Waals surface area contributed by atoms with E-state index >= 15 is 0 Å². The summed E-state index contributed by atoms with van der Waals surface area (Å²) in [4.78, 5) is 12.5. The molecule has 3 rings (SSSR count). The predicted octanol–water partition coefficient (Wildman–Crippen LogP) is -2.26. The van der Waals surface area contributed by atoms with Gasteiger partial charge in [0.1, 0.15) is 18.3 Å². The fourth-order valence-corrected chi connectivity index (χ4v) is 2.19. The minimum Gasteiger partial charge on any atom is -0.411 e. The van der Waals surface area contributed by atoms with Crippen LogP contribution in [0.1, 0.15) is 18.8 Å². The third-order valence-corrected chi connectivity index (χ3v) is 3.32. The maximum atomic E-state index is 12.3. The molecule has 2 aromatic rings. The molecule has 1 fully saturated rings. The molecule has 3 heterocycles. The van der Waals surface area contributed by atoms with Gasteiger partial charge in [-0.15, -0.1) is 10.2 Å². The third kappa shape index (κ3) is 1.77. The van der Waals surface area contributed by atoms with Crippen molar-refractivity contribution in [1.82, 2.24) is 24.9 Å². The summed E-state index contributed by atoms with van der Waals surface area (Å²) >= 11 is 0. The van der Waals surface area contributed by atoms with Crippen molar-refractivity contribution in [3.63, 3.8) is 0 Å². The molecule has 11 heteroatoms. The van der Waals surface area contributed by atoms with Crippen molar-refractivity contribution in [2.75, 3.05) is 0 Å². The van der Waals surface area contributed by atoms with Crippen LogP contribution in [0.15, 0.2) is 4.79 Å². The minimum atomic E-state index is -1.38. The Morgan fingerprint density at radius 1 is 1.38 bits per heavy atom. The van der Waals surface area contributed by atoms with Crippen LogP contribution in [-0.4, -0.2) is 58.7 Å². The summed E-state index contributed by atoms with van der Waals surface area (Å²) in [5.41, 5.74) is -1.65. The molecule has 0 spiro atoms. The summed E-state index contributed by atoms with van der Waals surface area (Å²) in [6, 6.07) is 1.67. The first kappa shape index (κ1) is 13.4. The van der Waals surface area contributed by atoms with Crippen molar-refractivity contribution < 1.29 is 20.2 Å². The molecule has 0 saturated carbocycles. The van der Waals surface area contributed by atoms with Crippen LogP contribution < -0.4 is 5.56 Å². The van der Waals surface area contributed by atoms with Crippen LogP contribution in [0, 0.1) is 11.3 Å². The van der Waals surface area contributed by atoms with Crippen LogP contribution in [0.5, 0.6) is 0 Å². The van der Waals surface area contributed by atoms with Gasteiger partial charge in [-0.05, 0) is 6.92 Å². The molecule has 0 amide bonds. The van der Waals surface area contributed by atoms with Gasteiger partial charge >= 0.3 is 5.56 Å². The molecule has 21 heavy (non-hydrogen) atoms. The molecule has 1 aliphatic rings. The van der Waals surface area contributed by atoms with Crippen molar-refractivity contribution in [3.05, 3.63) is 16.0 Å². The average molecular weight is 294 g/mol. The minimum absolute atomic E-state index is 0.165. The second-order valence-electron chi connectivity index (χ2n) is 4.60. The number of aliphatic hydroxyl groups excluding tert-OH is 2. The van der Waals surface area contributed by atoms with E-state index < -0.39 is 30.1 Å². The quantitative estimate of drug-likeness (QED) is 0.493. The van der Waals surface area contributed by atoms with Crippen molar-refractivity contribution in [3.8, 4) is 6.07 Å². The molecule has 0 radical (unpaired) electrons. The Bertz CT molecular complexity index is 807. The summed E-state index contributed by atoms with van der Waals surface area (Å²) in [6.07, 6.45) is -4.52. The highest BCUT2D eigenvalue weighted by Crippen LogP contribution is 2.27. The van der Waals surface area contributed by atoms with E-state index in [1.165, 1.54) is 6.92 Å². The number of hydrogen-bond donors (Lipinski definition) is 3. The first-order chi connectivity index (χ1) is 9.95. The van der Waals surface area contributed by atoms with E-state index in [0.717, 1.165) is 0 Å². The zero-order valence-electron chi connectivity index (χ0n) is 10.7. The standard InChI is InChI=1S/C10H10N6O5/c1-3-7(17)8(18)10(21-3)15-9(19)6-5(12-14-15)4(2-11)13-16(6)20/h3,7-8,10,17-18,20H,1H3. The Morgan fingerprint density at radius 3 is 2.67 bits per heavy atom. The van der Waals surface area contributed by atoms with Crippen LogP contribution in [-0.2, 0) is 4.74 Å². The average Bonchev–Trinajstić information content (AvgIpc) is 2.92. The molecule has 4 atom stereocenters. The van der Waals surface area contributed by atoms with Gasteiger partial charge in [-0.1, -0.05) is 10.1 Å². The van der Waals surface area contributed by atoms with Crippen molar-refractivity contribution in [2.24, 2.45) is 0 Å². The molecule has 3 N–H and O–H groups in total. The molecular weight excluding hydrogens is 284 g/mol. The number of nitrogens with zero attached hydrogens (tertiary/aromatic N) is 6. The molecule has 110 valence electrons. The lowest BCUT2D eigenvalue weighted by atomic mass is 10.1. The van der Waals surface area contributed by atoms with Gasteiger partial charge in [-0.3, -0.25) is 4.79 Å². The number of ether oxygens (including phenoxy) is 1. The lowest BCUT2D eigenvalue weighted by Gasteiger charge is -2.15. The van der Waals surface area contributed by atoms with Crippen LogP contribution in [0.25, 0.3) is 11.0 Å². The first-order valence-corrected chi connectivity index (χ1v) is 5.95. The lowest BCUT2D eigenvalue weighted by Crippen LogP contribution is -2.36. The van der Waals surface area contributed by atoms with Gasteiger partial charge in [0, 0.05) is 0 Å². The van der Waals surface area contributed by atoms with Crippen molar-refractivity contribution in [2.45, 2.75) is 31.5 Å². The number of nitriles is 1. The number of aliphatic hydroxyl groups is 2. The summed E-state index contributed by atoms with van der Waals surface area (Å²) in [5, 5.41) is 48.5. The first-order valence-electron chi connectivity index (χ1n) is 5.95. The molecule has 1 aliphatic heterocycles. The number of aromatic nitrogens is 5. The van der Waals surface area contributed by atoms with Gasteiger partial charge in [-0.25, -0.2) is 0 Å². The van der Waals surface area contributed by atoms with E-state index in [0.29, 0.717) is 4.68 Å². The van der Waals surface area contributed by atoms with Gasteiger partial charge < -0.3 is 20.2 Å². The Balaban J connectivity index is 2.18. The van der Waals surface area contributed by atoms with Crippen LogP contribution in [0.4, 0.5) is 0 Å². The van der Waals surface area contributed by atoms with Gasteiger partial charge in [-0.2, -0.15) is 9.94 Å². The smallest absolute Gasteiger partial charge is 0.302 e. The second-order valence-corrected chi connectivity index (χ2v) is 4.60. The van der Waals surface area contributed by atoms with E-state index in [9.17, 15) is 20.2 Å². The van der Waals surface area contributed by atoms with E-state index in [1.54, 1.807) is 6.07 Å². The number of hydrogen-bond acceptors (Lipinski definition) is 9. The van der Waals surface area contributed by atoms with E-state index in [4.69, 9.17) is 10.00 Å². The van der Waals surface area contributed by atoms with Gasteiger partial charge in [0.15, 0.2) is 23.0 Å². The normalized spacial score (nSPS) is 28.9. The molecule has 1 saturated heterocycles. The maximum absolute atomic E-state index is 12.3.